The molecule has 0 aromatic heterocycles. The maximum atomic E-state index is 12.7. The predicted molar refractivity (Wildman–Crippen MR) is 95.7 cm³/mol. The lowest BCUT2D eigenvalue weighted by atomic mass is 10.1. The van der Waals surface area contributed by atoms with Gasteiger partial charge in [0.2, 0.25) is 15.9 Å². The number of fused-ring (bicyclic) bond motifs is 1. The smallest absolute Gasteiger partial charge is 0.243 e. The number of benzene rings is 2. The van der Waals surface area contributed by atoms with Crippen LogP contribution in [0.25, 0.3) is 10.8 Å². The van der Waals surface area contributed by atoms with Crippen molar-refractivity contribution in [3.05, 3.63) is 42.5 Å². The monoisotopic (exact) mass is 362 g/mol. The Morgan fingerprint density at radius 3 is 2.72 bits per heavy atom. The molecule has 0 aliphatic carbocycles. The molecule has 3 rings (SSSR count). The number of hydrogen-bond donors (Lipinski definition) is 1. The van der Waals surface area contributed by atoms with Crippen LogP contribution >= 0.6 is 0 Å². The summed E-state index contributed by atoms with van der Waals surface area (Å²) in [6.07, 6.45) is 1.95. The van der Waals surface area contributed by atoms with Crippen molar-refractivity contribution in [1.29, 1.82) is 0 Å². The second kappa shape index (κ2) is 7.51. The van der Waals surface area contributed by atoms with E-state index < -0.39 is 10.0 Å². The number of likely N-dealkylation sites (N-methyl/N-ethyl adjacent to an activating group) is 1. The predicted octanol–water partition coefficient (Wildman–Crippen LogP) is 1.76. The highest BCUT2D eigenvalue weighted by Gasteiger charge is 2.24. The zero-order valence-electron chi connectivity index (χ0n) is 14.1. The van der Waals surface area contributed by atoms with E-state index in [2.05, 4.69) is 5.32 Å². The van der Waals surface area contributed by atoms with Crippen LogP contribution in [0.4, 0.5) is 0 Å². The summed E-state index contributed by atoms with van der Waals surface area (Å²) in [5.74, 6) is -0.331. The van der Waals surface area contributed by atoms with E-state index in [-0.39, 0.29) is 23.5 Å². The summed E-state index contributed by atoms with van der Waals surface area (Å²) >= 11 is 0. The Hall–Kier alpha value is -1.96. The fourth-order valence-electron chi connectivity index (χ4n) is 2.88. The van der Waals surface area contributed by atoms with E-state index in [1.54, 1.807) is 18.2 Å². The van der Waals surface area contributed by atoms with Crippen LogP contribution in [0.15, 0.2) is 47.4 Å². The van der Waals surface area contributed by atoms with Gasteiger partial charge in [0.15, 0.2) is 0 Å². The molecule has 2 aromatic rings. The van der Waals surface area contributed by atoms with Gasteiger partial charge in [-0.15, -0.1) is 0 Å². The van der Waals surface area contributed by atoms with Gasteiger partial charge in [-0.25, -0.2) is 8.42 Å². The van der Waals surface area contributed by atoms with Crippen molar-refractivity contribution >= 4 is 26.7 Å². The third-order valence-electron chi connectivity index (χ3n) is 4.35. The molecule has 0 saturated carbocycles. The molecule has 6 nitrogen and oxygen atoms in total. The number of carbonyl (C=O) groups excluding carboxylic acids is 1. The van der Waals surface area contributed by atoms with E-state index in [1.807, 2.05) is 24.3 Å². The summed E-state index contributed by atoms with van der Waals surface area (Å²) in [5, 5.41) is 4.56. The normalized spacial score (nSPS) is 17.9. The van der Waals surface area contributed by atoms with Gasteiger partial charge in [0.25, 0.3) is 0 Å². The highest BCUT2D eigenvalue weighted by molar-refractivity contribution is 7.89. The van der Waals surface area contributed by atoms with Crippen molar-refractivity contribution in [1.82, 2.24) is 9.62 Å². The summed E-state index contributed by atoms with van der Waals surface area (Å²) in [6, 6.07) is 12.5. The van der Waals surface area contributed by atoms with Crippen LogP contribution in [0.1, 0.15) is 12.8 Å². The SMILES string of the molecule is CN(CC(=O)NCC1CCCO1)S(=O)(=O)c1ccc2ccccc2c1. The molecule has 7 heteroatoms. The number of hydrogen-bond acceptors (Lipinski definition) is 4. The average molecular weight is 362 g/mol. The molecule has 1 N–H and O–H groups in total. The first-order chi connectivity index (χ1) is 12.0. The molecule has 1 unspecified atom stereocenters. The molecule has 1 amide bonds. The van der Waals surface area contributed by atoms with E-state index in [9.17, 15) is 13.2 Å². The Kier molecular flexibility index (Phi) is 5.36. The first kappa shape index (κ1) is 17.8. The Labute approximate surface area is 147 Å². The zero-order valence-corrected chi connectivity index (χ0v) is 15.0. The van der Waals surface area contributed by atoms with Crippen LogP contribution in [0, 0.1) is 0 Å². The lowest BCUT2D eigenvalue weighted by Gasteiger charge is -2.18. The van der Waals surface area contributed by atoms with Crippen molar-refractivity contribution in [3.8, 4) is 0 Å². The third kappa shape index (κ3) is 4.18. The maximum absolute atomic E-state index is 12.7. The number of nitrogens with zero attached hydrogens (tertiary/aromatic N) is 1. The largest absolute Gasteiger partial charge is 0.376 e. The van der Waals surface area contributed by atoms with Crippen LogP contribution in [0.2, 0.25) is 0 Å². The molecule has 0 spiro atoms. The summed E-state index contributed by atoms with van der Waals surface area (Å²) in [4.78, 5) is 12.2. The van der Waals surface area contributed by atoms with Gasteiger partial charge in [-0.1, -0.05) is 30.3 Å². The summed E-state index contributed by atoms with van der Waals surface area (Å²) in [6.45, 7) is 0.918. The first-order valence-electron chi connectivity index (χ1n) is 8.30. The minimum atomic E-state index is -3.72. The van der Waals surface area contributed by atoms with Crippen molar-refractivity contribution in [2.24, 2.45) is 0 Å². The summed E-state index contributed by atoms with van der Waals surface area (Å²) < 4.78 is 31.9. The second-order valence-electron chi connectivity index (χ2n) is 6.21. The summed E-state index contributed by atoms with van der Waals surface area (Å²) in [5.41, 5.74) is 0. The molecular weight excluding hydrogens is 340 g/mol. The van der Waals surface area contributed by atoms with Gasteiger partial charge >= 0.3 is 0 Å². The molecule has 1 saturated heterocycles. The first-order valence-corrected chi connectivity index (χ1v) is 9.74. The van der Waals surface area contributed by atoms with Gasteiger partial charge in [0.05, 0.1) is 17.5 Å². The molecule has 1 atom stereocenters. The lowest BCUT2D eigenvalue weighted by molar-refractivity contribution is -0.121. The van der Waals surface area contributed by atoms with E-state index in [1.165, 1.54) is 7.05 Å². The van der Waals surface area contributed by atoms with Gasteiger partial charge in [0.1, 0.15) is 0 Å². The maximum Gasteiger partial charge on any atom is 0.243 e. The average Bonchev–Trinajstić information content (AvgIpc) is 3.13. The van der Waals surface area contributed by atoms with Crippen LogP contribution < -0.4 is 5.32 Å². The minimum absolute atomic E-state index is 0.0337. The standard InChI is InChI=1S/C18H22N2O4S/c1-20(13-18(21)19-12-16-7-4-10-24-16)25(22,23)17-9-8-14-5-2-3-6-15(14)11-17/h2-3,5-6,8-9,11,16H,4,7,10,12-13H2,1H3,(H,19,21). The molecule has 1 fully saturated rings. The number of nitrogens with one attached hydrogen (secondary N) is 1. The van der Waals surface area contributed by atoms with Crippen LogP contribution in [-0.4, -0.2) is 51.5 Å². The molecule has 25 heavy (non-hydrogen) atoms. The van der Waals surface area contributed by atoms with Crippen molar-refractivity contribution < 1.29 is 17.9 Å². The number of carbonyl (C=O) groups is 1. The van der Waals surface area contributed by atoms with Gasteiger partial charge < -0.3 is 10.1 Å². The van der Waals surface area contributed by atoms with Gasteiger partial charge in [-0.05, 0) is 35.7 Å². The fraction of sp³-hybridized carbons (Fsp3) is 0.389. The molecule has 2 aromatic carbocycles. The lowest BCUT2D eigenvalue weighted by Crippen LogP contribution is -2.40. The third-order valence-corrected chi connectivity index (χ3v) is 6.15. The van der Waals surface area contributed by atoms with Crippen LogP contribution in [0.5, 0.6) is 0 Å². The topological polar surface area (TPSA) is 75.7 Å². The molecule has 1 aliphatic heterocycles. The van der Waals surface area contributed by atoms with Crippen molar-refractivity contribution in [2.75, 3.05) is 26.7 Å². The van der Waals surface area contributed by atoms with E-state index in [0.29, 0.717) is 6.54 Å². The number of sulfonamides is 1. The molecule has 1 heterocycles. The highest BCUT2D eigenvalue weighted by atomic mass is 32.2. The van der Waals surface area contributed by atoms with Crippen LogP contribution in [0.3, 0.4) is 0 Å². The Balaban J connectivity index is 1.66. The van der Waals surface area contributed by atoms with Gasteiger partial charge in [-0.3, -0.25) is 4.79 Å². The minimum Gasteiger partial charge on any atom is -0.376 e. The second-order valence-corrected chi connectivity index (χ2v) is 8.25. The van der Waals surface area contributed by atoms with E-state index in [4.69, 9.17) is 4.74 Å². The highest BCUT2D eigenvalue weighted by Crippen LogP contribution is 2.21. The Morgan fingerprint density at radius 2 is 2.00 bits per heavy atom. The quantitative estimate of drug-likeness (QED) is 0.850. The fourth-order valence-corrected chi connectivity index (χ4v) is 4.05. The number of rotatable bonds is 6. The molecule has 1 aliphatic rings. The zero-order chi connectivity index (χ0) is 17.9. The van der Waals surface area contributed by atoms with Crippen molar-refractivity contribution in [2.45, 2.75) is 23.8 Å². The van der Waals surface area contributed by atoms with Crippen LogP contribution in [-0.2, 0) is 19.6 Å². The Morgan fingerprint density at radius 1 is 1.24 bits per heavy atom. The van der Waals surface area contributed by atoms with E-state index in [0.717, 1.165) is 34.5 Å². The summed E-state index contributed by atoms with van der Waals surface area (Å²) in [7, 11) is -2.31. The van der Waals surface area contributed by atoms with Gasteiger partial charge in [-0.2, -0.15) is 4.31 Å². The molecular formula is C18H22N2O4S. The number of amides is 1. The van der Waals surface area contributed by atoms with Crippen molar-refractivity contribution in [3.63, 3.8) is 0 Å². The number of ether oxygens (including phenoxy) is 1. The van der Waals surface area contributed by atoms with Gasteiger partial charge in [0, 0.05) is 20.2 Å². The van der Waals surface area contributed by atoms with E-state index >= 15 is 0 Å². The Bertz CT molecular complexity index is 860. The molecule has 134 valence electrons. The molecule has 0 bridgehead atoms. The molecule has 0 radical (unpaired) electrons.